The molecule has 274 valence electrons. The molecule has 3 heteroatoms. The van der Waals surface area contributed by atoms with Gasteiger partial charge in [-0.1, -0.05) is 158 Å². The predicted octanol–water partition coefficient (Wildman–Crippen LogP) is 14.9. The third kappa shape index (κ3) is 5.36. The largest absolute Gasteiger partial charge is 0.309 e. The summed E-state index contributed by atoms with van der Waals surface area (Å²) in [5, 5.41) is 9.62. The average Bonchev–Trinajstić information content (AvgIpc) is 3.65. The highest BCUT2D eigenvalue weighted by atomic mass is 15.0. The number of hydrogen-bond donors (Lipinski definition) is 0. The maximum Gasteiger partial charge on any atom is 0.0971 e. The van der Waals surface area contributed by atoms with Gasteiger partial charge in [-0.25, -0.2) is 0 Å². The van der Waals surface area contributed by atoms with Gasteiger partial charge in [0.2, 0.25) is 0 Å². The third-order valence-electron chi connectivity index (χ3n) is 12.1. The number of nitrogens with zero attached hydrogens (tertiary/aromatic N) is 3. The average molecular weight is 750 g/mol. The highest BCUT2D eigenvalue weighted by molar-refractivity contribution is 6.23. The van der Waals surface area contributed by atoms with E-state index in [2.05, 4.69) is 205 Å². The molecule has 0 saturated carbocycles. The van der Waals surface area contributed by atoms with Crippen molar-refractivity contribution in [1.82, 2.24) is 14.5 Å². The number of benzene rings is 10. The predicted molar refractivity (Wildman–Crippen MR) is 248 cm³/mol. The summed E-state index contributed by atoms with van der Waals surface area (Å²) < 4.78 is 2.37. The Labute approximate surface area is 341 Å². The molecule has 3 nitrogen and oxygen atoms in total. The Bertz CT molecular complexity index is 3570. The summed E-state index contributed by atoms with van der Waals surface area (Å²) >= 11 is 0. The van der Waals surface area contributed by atoms with Crippen molar-refractivity contribution in [3.05, 3.63) is 213 Å². The summed E-state index contributed by atoms with van der Waals surface area (Å²) in [6.45, 7) is 0. The molecule has 0 aliphatic carbocycles. The van der Waals surface area contributed by atoms with Crippen LogP contribution in [0.2, 0.25) is 0 Å². The van der Waals surface area contributed by atoms with Crippen LogP contribution >= 0.6 is 0 Å². The van der Waals surface area contributed by atoms with Gasteiger partial charge in [0, 0.05) is 39.6 Å². The summed E-state index contributed by atoms with van der Waals surface area (Å²) in [7, 11) is 0. The molecule has 59 heavy (non-hydrogen) atoms. The van der Waals surface area contributed by atoms with Crippen molar-refractivity contribution in [1.29, 1.82) is 0 Å². The Morgan fingerprint density at radius 3 is 1.56 bits per heavy atom. The van der Waals surface area contributed by atoms with Gasteiger partial charge in [0.1, 0.15) is 0 Å². The molecular weight excluding hydrogens is 715 g/mol. The fourth-order valence-electron chi connectivity index (χ4n) is 9.34. The van der Waals surface area contributed by atoms with Crippen LogP contribution in [0.5, 0.6) is 0 Å². The van der Waals surface area contributed by atoms with Crippen LogP contribution in [0.25, 0.3) is 115 Å². The van der Waals surface area contributed by atoms with E-state index in [0.717, 1.165) is 21.8 Å². The molecule has 10 aromatic carbocycles. The monoisotopic (exact) mass is 749 g/mol. The summed E-state index contributed by atoms with van der Waals surface area (Å²) in [6.07, 6.45) is 3.56. The smallest absolute Gasteiger partial charge is 0.0971 e. The van der Waals surface area contributed by atoms with Crippen LogP contribution in [0.4, 0.5) is 0 Å². The molecule has 0 unspecified atom stereocenters. The highest BCUT2D eigenvalue weighted by Crippen LogP contribution is 2.40. The normalized spacial score (nSPS) is 11.7. The second kappa shape index (κ2) is 13.4. The minimum Gasteiger partial charge on any atom is -0.309 e. The summed E-state index contributed by atoms with van der Waals surface area (Å²) in [4.78, 5) is 9.47. The Balaban J connectivity index is 0.906. The van der Waals surface area contributed by atoms with Crippen molar-refractivity contribution in [3.8, 4) is 50.2 Å². The number of hydrogen-bond acceptors (Lipinski definition) is 2. The Hall–Kier alpha value is -7.88. The molecule has 0 N–H and O–H groups in total. The van der Waals surface area contributed by atoms with Crippen LogP contribution in [0, 0.1) is 0 Å². The van der Waals surface area contributed by atoms with E-state index in [-0.39, 0.29) is 0 Å². The standard InChI is InChI=1S/C56H35N3/c1-2-13-42(14-3-1)59-53-22-7-6-16-48(53)52-35-39(28-30-54(52)59)36-23-25-37(26-24-36)43-18-9-21-46-44(19-10-20-45(43)46)41-12-8-11-38(33-41)40-27-29-50-51(34-40)47-15-4-5-17-49(47)55-56(50)58-32-31-57-55/h1-35H. The van der Waals surface area contributed by atoms with Crippen LogP contribution in [-0.2, 0) is 0 Å². The third-order valence-corrected chi connectivity index (χ3v) is 12.1. The van der Waals surface area contributed by atoms with Gasteiger partial charge in [0.15, 0.2) is 0 Å². The van der Waals surface area contributed by atoms with Crippen molar-refractivity contribution in [2.24, 2.45) is 0 Å². The van der Waals surface area contributed by atoms with E-state index >= 15 is 0 Å². The molecule has 2 aromatic heterocycles. The first-order valence-corrected chi connectivity index (χ1v) is 20.1. The molecule has 0 saturated heterocycles. The molecule has 0 amide bonds. The zero-order valence-electron chi connectivity index (χ0n) is 32.0. The van der Waals surface area contributed by atoms with Crippen molar-refractivity contribution >= 4 is 65.2 Å². The highest BCUT2D eigenvalue weighted by Gasteiger charge is 2.15. The maximum atomic E-state index is 4.76. The number of fused-ring (bicyclic) bond motifs is 10. The fraction of sp³-hybridized carbons (Fsp3) is 0. The zero-order chi connectivity index (χ0) is 38.9. The van der Waals surface area contributed by atoms with Crippen molar-refractivity contribution in [2.75, 3.05) is 0 Å². The lowest BCUT2D eigenvalue weighted by Gasteiger charge is -2.14. The van der Waals surface area contributed by atoms with Gasteiger partial charge in [0.05, 0.1) is 22.1 Å². The SMILES string of the molecule is c1ccc(-n2c3ccccc3c3cc(-c4ccc(-c5cccc6c(-c7cccc(-c8ccc9c(c8)c8ccccc8c8nccnc98)c7)cccc56)cc4)ccc32)cc1. The van der Waals surface area contributed by atoms with Crippen LogP contribution in [0.1, 0.15) is 0 Å². The maximum absolute atomic E-state index is 4.76. The Morgan fingerprint density at radius 2 is 0.780 bits per heavy atom. The van der Waals surface area contributed by atoms with E-state index in [9.17, 15) is 0 Å². The molecule has 0 aliphatic heterocycles. The van der Waals surface area contributed by atoms with Crippen LogP contribution in [-0.4, -0.2) is 14.5 Å². The first-order chi connectivity index (χ1) is 29.3. The molecule has 12 rings (SSSR count). The number of aromatic nitrogens is 3. The first-order valence-electron chi connectivity index (χ1n) is 20.1. The Morgan fingerprint density at radius 1 is 0.271 bits per heavy atom. The van der Waals surface area contributed by atoms with E-state index in [1.54, 1.807) is 12.4 Å². The second-order valence-electron chi connectivity index (χ2n) is 15.3. The molecular formula is C56H35N3. The number of rotatable bonds is 5. The van der Waals surface area contributed by atoms with Gasteiger partial charge in [-0.15, -0.1) is 0 Å². The van der Waals surface area contributed by atoms with E-state index in [4.69, 9.17) is 9.97 Å². The van der Waals surface area contributed by atoms with Crippen molar-refractivity contribution < 1.29 is 0 Å². The van der Waals surface area contributed by atoms with Gasteiger partial charge < -0.3 is 4.57 Å². The molecule has 0 fully saturated rings. The lowest BCUT2D eigenvalue weighted by molar-refractivity contribution is 1.18. The quantitative estimate of drug-likeness (QED) is 0.164. The van der Waals surface area contributed by atoms with E-state index < -0.39 is 0 Å². The first kappa shape index (κ1) is 33.3. The molecule has 0 bridgehead atoms. The van der Waals surface area contributed by atoms with E-state index in [0.29, 0.717) is 0 Å². The molecule has 0 atom stereocenters. The lowest BCUT2D eigenvalue weighted by Crippen LogP contribution is -1.92. The fourth-order valence-corrected chi connectivity index (χ4v) is 9.34. The van der Waals surface area contributed by atoms with Crippen molar-refractivity contribution in [3.63, 3.8) is 0 Å². The topological polar surface area (TPSA) is 30.7 Å². The second-order valence-corrected chi connectivity index (χ2v) is 15.3. The van der Waals surface area contributed by atoms with Gasteiger partial charge in [-0.3, -0.25) is 9.97 Å². The van der Waals surface area contributed by atoms with Gasteiger partial charge in [-0.2, -0.15) is 0 Å². The van der Waals surface area contributed by atoms with Gasteiger partial charge in [0.25, 0.3) is 0 Å². The van der Waals surface area contributed by atoms with Gasteiger partial charge in [-0.05, 0) is 109 Å². The summed E-state index contributed by atoms with van der Waals surface area (Å²) in [5.74, 6) is 0. The minimum absolute atomic E-state index is 0.938. The Kier molecular flexibility index (Phi) is 7.54. The van der Waals surface area contributed by atoms with Crippen molar-refractivity contribution in [2.45, 2.75) is 0 Å². The molecule has 0 radical (unpaired) electrons. The van der Waals surface area contributed by atoms with Crippen LogP contribution in [0.3, 0.4) is 0 Å². The molecule has 0 spiro atoms. The summed E-state index contributed by atoms with van der Waals surface area (Å²) in [5.41, 5.74) is 15.1. The number of para-hydroxylation sites is 2. The van der Waals surface area contributed by atoms with Crippen LogP contribution in [0.15, 0.2) is 213 Å². The van der Waals surface area contributed by atoms with Gasteiger partial charge >= 0.3 is 0 Å². The summed E-state index contributed by atoms with van der Waals surface area (Å²) in [6, 6.07) is 72.9. The molecule has 2 heterocycles. The van der Waals surface area contributed by atoms with E-state index in [1.807, 2.05) is 0 Å². The van der Waals surface area contributed by atoms with E-state index in [1.165, 1.54) is 93.5 Å². The molecule has 0 aliphatic rings. The molecule has 12 aromatic rings. The minimum atomic E-state index is 0.938. The zero-order valence-corrected chi connectivity index (χ0v) is 32.0. The lowest BCUT2D eigenvalue weighted by atomic mass is 9.90. The van der Waals surface area contributed by atoms with Crippen LogP contribution < -0.4 is 0 Å².